The number of nitrogens with zero attached hydrogens (tertiary/aromatic N) is 1. The largest absolute Gasteiger partial charge is 0.507 e. The molecule has 5 rings (SSSR count). The highest BCUT2D eigenvalue weighted by atomic mass is 16.5. The number of aliphatic hydroxyl groups excluding tert-OH is 1. The fourth-order valence-corrected chi connectivity index (χ4v) is 4.26. The summed E-state index contributed by atoms with van der Waals surface area (Å²) in [5.41, 5.74) is 2.06. The third-order valence-corrected chi connectivity index (χ3v) is 5.52. The number of carbonyl (C=O) groups is 1. The smallest absolute Gasteiger partial charge is 0.289 e. The van der Waals surface area contributed by atoms with Gasteiger partial charge in [-0.3, -0.25) is 4.79 Å². The van der Waals surface area contributed by atoms with Crippen molar-refractivity contribution in [2.45, 2.75) is 24.5 Å². The first-order valence-electron chi connectivity index (χ1n) is 8.44. The van der Waals surface area contributed by atoms with Crippen LogP contribution in [0.4, 0.5) is 0 Å². The summed E-state index contributed by atoms with van der Waals surface area (Å²) in [4.78, 5) is 26.1. The topological polar surface area (TPSA) is 78.6 Å². The second-order valence-corrected chi connectivity index (χ2v) is 6.87. The summed E-state index contributed by atoms with van der Waals surface area (Å²) in [5.74, 6) is -0.316. The molecule has 0 saturated carbocycles. The van der Waals surface area contributed by atoms with E-state index in [1.165, 1.54) is 6.08 Å². The monoisotopic (exact) mass is 337 g/mol. The summed E-state index contributed by atoms with van der Waals surface area (Å²) in [6, 6.07) is 6.66. The highest BCUT2D eigenvalue weighted by Gasteiger charge is 2.61. The van der Waals surface area contributed by atoms with Gasteiger partial charge in [0.05, 0.1) is 37.3 Å². The molecular weight excluding hydrogens is 320 g/mol. The number of nitroso groups, excluding NO2 is 1. The van der Waals surface area contributed by atoms with Crippen LogP contribution in [0.25, 0.3) is 6.08 Å². The van der Waals surface area contributed by atoms with Crippen molar-refractivity contribution in [3.63, 3.8) is 0 Å². The Morgan fingerprint density at radius 3 is 2.76 bits per heavy atom. The molecule has 1 aromatic carbocycles. The van der Waals surface area contributed by atoms with Gasteiger partial charge in [-0.25, -0.2) is 0 Å². The van der Waals surface area contributed by atoms with Crippen molar-refractivity contribution in [3.8, 4) is 0 Å². The van der Waals surface area contributed by atoms with Crippen molar-refractivity contribution in [2.75, 3.05) is 13.2 Å². The molecule has 0 aromatic heterocycles. The summed E-state index contributed by atoms with van der Waals surface area (Å²) in [6.45, 7) is 1.03. The van der Waals surface area contributed by atoms with Gasteiger partial charge in [0.25, 0.3) is 11.7 Å². The SMILES string of the molecule is O=C1C2=C(O)C=C3NC4(CCOCC4)[N+](=O)C3C2=Cc2ccccc21. The van der Waals surface area contributed by atoms with E-state index in [4.69, 9.17) is 4.74 Å². The second kappa shape index (κ2) is 4.89. The first-order valence-corrected chi connectivity index (χ1v) is 8.44. The minimum atomic E-state index is -0.731. The van der Waals surface area contributed by atoms with Gasteiger partial charge in [-0.2, -0.15) is 0 Å². The number of Topliss-reactive ketones (excluding diaryl/α,β-unsaturated/α-hetero) is 1. The zero-order valence-electron chi connectivity index (χ0n) is 13.5. The average molecular weight is 337 g/mol. The highest BCUT2D eigenvalue weighted by Crippen LogP contribution is 2.43. The minimum Gasteiger partial charge on any atom is -0.507 e. The van der Waals surface area contributed by atoms with Crippen molar-refractivity contribution in [3.05, 3.63) is 69.0 Å². The molecule has 2 fully saturated rings. The maximum atomic E-state index is 13.2. The molecule has 6 nitrogen and oxygen atoms in total. The molecule has 126 valence electrons. The predicted octanol–water partition coefficient (Wildman–Crippen LogP) is 2.23. The van der Waals surface area contributed by atoms with E-state index in [2.05, 4.69) is 5.32 Å². The molecule has 6 heteroatoms. The van der Waals surface area contributed by atoms with Crippen molar-refractivity contribution < 1.29 is 19.4 Å². The predicted molar refractivity (Wildman–Crippen MR) is 89.8 cm³/mol. The Hall–Kier alpha value is -2.73. The van der Waals surface area contributed by atoms with Crippen LogP contribution in [0.3, 0.4) is 0 Å². The van der Waals surface area contributed by atoms with Gasteiger partial charge in [0, 0.05) is 26.9 Å². The van der Waals surface area contributed by atoms with Gasteiger partial charge in [0.2, 0.25) is 0 Å². The molecule has 1 aromatic rings. The van der Waals surface area contributed by atoms with Gasteiger partial charge in [-0.05, 0) is 11.6 Å². The summed E-state index contributed by atoms with van der Waals surface area (Å²) >= 11 is 0. The van der Waals surface area contributed by atoms with Crippen LogP contribution in [-0.4, -0.2) is 40.6 Å². The minimum absolute atomic E-state index is 0.0815. The molecule has 4 aliphatic rings. The molecule has 2 aliphatic heterocycles. The number of hydrogen-bond acceptors (Lipinski definition) is 5. The summed E-state index contributed by atoms with van der Waals surface area (Å²) in [7, 11) is 0. The van der Waals surface area contributed by atoms with Crippen LogP contribution >= 0.6 is 0 Å². The third-order valence-electron chi connectivity index (χ3n) is 5.52. The molecular formula is C19H17N2O4+. The van der Waals surface area contributed by atoms with Crippen LogP contribution in [0.1, 0.15) is 28.8 Å². The maximum Gasteiger partial charge on any atom is 0.289 e. The zero-order chi connectivity index (χ0) is 17.2. The standard InChI is InChI=1S/C19H16N2O4/c22-15-10-14-17(21(24)19(20-14)5-7-25-8-6-19)13-9-11-3-1-2-4-12(11)18(23)16(13)15/h1-4,9-10,17H,5-8H2,(H-,20,22,23)/p+1. The Labute approximate surface area is 144 Å². The second-order valence-electron chi connectivity index (χ2n) is 6.87. The summed E-state index contributed by atoms with van der Waals surface area (Å²) < 4.78 is 6.45. The van der Waals surface area contributed by atoms with E-state index in [9.17, 15) is 14.8 Å². The van der Waals surface area contributed by atoms with E-state index in [-0.39, 0.29) is 17.1 Å². The van der Waals surface area contributed by atoms with Crippen LogP contribution < -0.4 is 5.32 Å². The zero-order valence-corrected chi connectivity index (χ0v) is 13.5. The Kier molecular flexibility index (Phi) is 2.86. The van der Waals surface area contributed by atoms with Gasteiger partial charge in [-0.15, -0.1) is 0 Å². The molecule has 1 spiro atoms. The van der Waals surface area contributed by atoms with E-state index in [0.717, 1.165) is 10.3 Å². The van der Waals surface area contributed by atoms with E-state index >= 15 is 0 Å². The van der Waals surface area contributed by atoms with Crippen LogP contribution in [0.2, 0.25) is 0 Å². The molecule has 0 amide bonds. The van der Waals surface area contributed by atoms with E-state index < -0.39 is 11.7 Å². The average Bonchev–Trinajstić information content (AvgIpc) is 2.87. The maximum absolute atomic E-state index is 13.2. The number of fused-ring (bicyclic) bond motifs is 4. The molecule has 2 aliphatic carbocycles. The normalized spacial score (nSPS) is 26.5. The lowest BCUT2D eigenvalue weighted by Gasteiger charge is -2.25. The molecule has 2 saturated heterocycles. The van der Waals surface area contributed by atoms with Gasteiger partial charge in [0.15, 0.2) is 5.78 Å². The Balaban J connectivity index is 1.68. The molecule has 1 unspecified atom stereocenters. The molecule has 0 bridgehead atoms. The lowest BCUT2D eigenvalue weighted by molar-refractivity contribution is -0.635. The van der Waals surface area contributed by atoms with Crippen LogP contribution in [0.5, 0.6) is 0 Å². The van der Waals surface area contributed by atoms with Crippen LogP contribution in [0, 0.1) is 4.91 Å². The number of allylic oxidation sites excluding steroid dienone is 1. The fourth-order valence-electron chi connectivity index (χ4n) is 4.26. The molecule has 1 atom stereocenters. The van der Waals surface area contributed by atoms with Crippen LogP contribution in [-0.2, 0) is 4.74 Å². The Bertz CT molecular complexity index is 919. The van der Waals surface area contributed by atoms with Crippen molar-refractivity contribution in [1.29, 1.82) is 0 Å². The number of hydrogen-bond donors (Lipinski definition) is 2. The lowest BCUT2D eigenvalue weighted by Crippen LogP contribution is -2.51. The number of rotatable bonds is 0. The van der Waals surface area contributed by atoms with Gasteiger partial charge in [-0.1, -0.05) is 24.3 Å². The molecule has 25 heavy (non-hydrogen) atoms. The lowest BCUT2D eigenvalue weighted by atomic mass is 9.80. The first-order chi connectivity index (χ1) is 12.1. The Morgan fingerprint density at radius 2 is 1.96 bits per heavy atom. The van der Waals surface area contributed by atoms with Gasteiger partial charge in [0.1, 0.15) is 5.76 Å². The first kappa shape index (κ1) is 14.6. The number of ether oxygens (including phenoxy) is 1. The van der Waals surface area contributed by atoms with Crippen molar-refractivity contribution in [2.24, 2.45) is 0 Å². The number of ketones is 1. The fraction of sp³-hybridized carbons (Fsp3) is 0.316. The molecule has 2 N–H and O–H groups in total. The van der Waals surface area contributed by atoms with Gasteiger partial charge >= 0.3 is 0 Å². The van der Waals surface area contributed by atoms with E-state index in [0.29, 0.717) is 42.9 Å². The summed E-state index contributed by atoms with van der Waals surface area (Å²) in [6.07, 6.45) is 4.51. The van der Waals surface area contributed by atoms with E-state index in [1.807, 2.05) is 18.2 Å². The van der Waals surface area contributed by atoms with Gasteiger partial charge < -0.3 is 15.2 Å². The Morgan fingerprint density at radius 1 is 1.20 bits per heavy atom. The number of aliphatic hydroxyl groups is 1. The van der Waals surface area contributed by atoms with Crippen LogP contribution in [0.15, 0.2) is 52.9 Å². The number of nitrogens with one attached hydrogen (secondary N) is 1. The quantitative estimate of drug-likeness (QED) is 0.710. The van der Waals surface area contributed by atoms with Crippen molar-refractivity contribution >= 4 is 11.9 Å². The van der Waals surface area contributed by atoms with E-state index in [1.54, 1.807) is 12.1 Å². The number of benzene rings is 1. The third kappa shape index (κ3) is 1.85. The summed E-state index contributed by atoms with van der Waals surface area (Å²) in [5, 5.41) is 13.8. The number of carbonyl (C=O) groups excluding carboxylic acids is 1. The molecule has 2 heterocycles. The molecule has 0 radical (unpaired) electrons. The highest BCUT2D eigenvalue weighted by molar-refractivity contribution is 6.17. The van der Waals surface area contributed by atoms with Crippen molar-refractivity contribution in [1.82, 2.24) is 5.32 Å².